The third-order valence-corrected chi connectivity index (χ3v) is 5.72. The highest BCUT2D eigenvalue weighted by Crippen LogP contribution is 2.24. The van der Waals surface area contributed by atoms with Gasteiger partial charge in [0.05, 0.1) is 11.8 Å². The van der Waals surface area contributed by atoms with E-state index < -0.39 is 6.04 Å². The summed E-state index contributed by atoms with van der Waals surface area (Å²) >= 11 is 5.90. The molecular formula is C23H24ClN5O3. The summed E-state index contributed by atoms with van der Waals surface area (Å²) in [6.07, 6.45) is 1.94. The van der Waals surface area contributed by atoms with Crippen LogP contribution in [-0.4, -0.2) is 52.4 Å². The molecule has 3 aromatic rings. The SMILES string of the molecule is COC1CC(C(=O)Nc2ccc(-n3nccc3C)cc2)N(C(=O)Nc2ccc(Cl)cc2)C1. The Balaban J connectivity index is 1.45. The minimum absolute atomic E-state index is 0.216. The van der Waals surface area contributed by atoms with Crippen LogP contribution in [0.1, 0.15) is 12.1 Å². The summed E-state index contributed by atoms with van der Waals surface area (Å²) in [5, 5.41) is 10.6. The molecule has 2 aromatic carbocycles. The smallest absolute Gasteiger partial charge is 0.322 e. The van der Waals surface area contributed by atoms with Crippen molar-refractivity contribution in [1.29, 1.82) is 0 Å². The number of carbonyl (C=O) groups is 2. The molecule has 0 radical (unpaired) electrons. The molecule has 0 aliphatic carbocycles. The van der Waals surface area contributed by atoms with Crippen LogP contribution in [0, 0.1) is 6.92 Å². The second-order valence-electron chi connectivity index (χ2n) is 7.62. The van der Waals surface area contributed by atoms with Crippen LogP contribution in [-0.2, 0) is 9.53 Å². The molecule has 8 nitrogen and oxygen atoms in total. The molecule has 0 saturated carbocycles. The van der Waals surface area contributed by atoms with Gasteiger partial charge in [-0.15, -0.1) is 0 Å². The molecular weight excluding hydrogens is 430 g/mol. The fraction of sp³-hybridized carbons (Fsp3) is 0.261. The lowest BCUT2D eigenvalue weighted by Gasteiger charge is -2.24. The van der Waals surface area contributed by atoms with Gasteiger partial charge in [0.1, 0.15) is 6.04 Å². The number of ether oxygens (including phenoxy) is 1. The summed E-state index contributed by atoms with van der Waals surface area (Å²) in [5.74, 6) is -0.265. The maximum atomic E-state index is 13.0. The number of methoxy groups -OCH3 is 1. The normalized spacial score (nSPS) is 17.9. The van der Waals surface area contributed by atoms with Gasteiger partial charge in [-0.2, -0.15) is 5.10 Å². The number of urea groups is 1. The van der Waals surface area contributed by atoms with Gasteiger partial charge in [0.2, 0.25) is 5.91 Å². The Labute approximate surface area is 191 Å². The Morgan fingerprint density at radius 1 is 1.03 bits per heavy atom. The number of aryl methyl sites for hydroxylation is 1. The van der Waals surface area contributed by atoms with E-state index in [1.807, 2.05) is 41.9 Å². The Morgan fingerprint density at radius 3 is 2.31 bits per heavy atom. The Bertz CT molecular complexity index is 1100. The van der Waals surface area contributed by atoms with Crippen molar-refractivity contribution < 1.29 is 14.3 Å². The fourth-order valence-corrected chi connectivity index (χ4v) is 3.85. The number of carbonyl (C=O) groups excluding carboxylic acids is 2. The highest BCUT2D eigenvalue weighted by molar-refractivity contribution is 6.30. The van der Waals surface area contributed by atoms with Gasteiger partial charge in [0.25, 0.3) is 0 Å². The first-order valence-electron chi connectivity index (χ1n) is 10.2. The van der Waals surface area contributed by atoms with Crippen molar-refractivity contribution in [2.75, 3.05) is 24.3 Å². The van der Waals surface area contributed by atoms with E-state index in [2.05, 4.69) is 15.7 Å². The summed E-state index contributed by atoms with van der Waals surface area (Å²) in [5.41, 5.74) is 3.15. The standard InChI is InChI=1S/C23H24ClN5O3/c1-15-11-12-25-29(15)19-9-7-17(8-10-19)26-22(30)21-13-20(32-2)14-28(21)23(31)27-18-5-3-16(24)4-6-18/h3-12,20-21H,13-14H2,1-2H3,(H,26,30)(H,27,31). The van der Waals surface area contributed by atoms with E-state index in [0.29, 0.717) is 29.4 Å². The van der Waals surface area contributed by atoms with Gasteiger partial charge in [0, 0.05) is 48.4 Å². The summed E-state index contributed by atoms with van der Waals surface area (Å²) in [4.78, 5) is 27.4. The van der Waals surface area contributed by atoms with Crippen LogP contribution < -0.4 is 10.6 Å². The number of hydrogen-bond donors (Lipinski definition) is 2. The molecule has 1 fully saturated rings. The van der Waals surface area contributed by atoms with E-state index in [-0.39, 0.29) is 18.0 Å². The first-order chi connectivity index (χ1) is 15.4. The lowest BCUT2D eigenvalue weighted by molar-refractivity contribution is -0.119. The Morgan fingerprint density at radius 2 is 1.69 bits per heavy atom. The maximum absolute atomic E-state index is 13.0. The highest BCUT2D eigenvalue weighted by Gasteiger charge is 2.40. The second-order valence-corrected chi connectivity index (χ2v) is 8.06. The van der Waals surface area contributed by atoms with Gasteiger partial charge in [-0.3, -0.25) is 4.79 Å². The largest absolute Gasteiger partial charge is 0.380 e. The molecule has 0 bridgehead atoms. The summed E-state index contributed by atoms with van der Waals surface area (Å²) in [6.45, 7) is 2.30. The minimum atomic E-state index is -0.653. The van der Waals surface area contributed by atoms with Crippen molar-refractivity contribution in [1.82, 2.24) is 14.7 Å². The molecule has 166 valence electrons. The van der Waals surface area contributed by atoms with Crippen molar-refractivity contribution in [2.45, 2.75) is 25.5 Å². The number of aromatic nitrogens is 2. The predicted octanol–water partition coefficient (Wildman–Crippen LogP) is 4.09. The predicted molar refractivity (Wildman–Crippen MR) is 123 cm³/mol. The second kappa shape index (κ2) is 9.42. The molecule has 1 aliphatic rings. The van der Waals surface area contributed by atoms with Crippen LogP contribution in [0.25, 0.3) is 5.69 Å². The quantitative estimate of drug-likeness (QED) is 0.609. The van der Waals surface area contributed by atoms with Crippen LogP contribution in [0.15, 0.2) is 60.8 Å². The van der Waals surface area contributed by atoms with Gasteiger partial charge in [-0.1, -0.05) is 11.6 Å². The van der Waals surface area contributed by atoms with E-state index >= 15 is 0 Å². The maximum Gasteiger partial charge on any atom is 0.322 e. The molecule has 2 unspecified atom stereocenters. The van der Waals surface area contributed by atoms with Gasteiger partial charge < -0.3 is 20.3 Å². The van der Waals surface area contributed by atoms with Gasteiger partial charge in [-0.05, 0) is 61.5 Å². The number of rotatable bonds is 5. The van der Waals surface area contributed by atoms with Crippen LogP contribution in [0.5, 0.6) is 0 Å². The highest BCUT2D eigenvalue weighted by atomic mass is 35.5. The molecule has 4 rings (SSSR count). The topological polar surface area (TPSA) is 88.5 Å². The fourth-order valence-electron chi connectivity index (χ4n) is 3.72. The molecule has 32 heavy (non-hydrogen) atoms. The lowest BCUT2D eigenvalue weighted by Crippen LogP contribution is -2.45. The number of halogens is 1. The molecule has 2 heterocycles. The zero-order valence-corrected chi connectivity index (χ0v) is 18.5. The monoisotopic (exact) mass is 453 g/mol. The zero-order valence-electron chi connectivity index (χ0n) is 17.8. The van der Waals surface area contributed by atoms with Gasteiger partial charge in [0.15, 0.2) is 0 Å². The van der Waals surface area contributed by atoms with E-state index in [1.54, 1.807) is 37.6 Å². The van der Waals surface area contributed by atoms with E-state index in [9.17, 15) is 9.59 Å². The van der Waals surface area contributed by atoms with Crippen molar-refractivity contribution in [3.05, 3.63) is 71.5 Å². The molecule has 1 saturated heterocycles. The molecule has 3 amide bonds. The van der Waals surface area contributed by atoms with E-state index in [1.165, 1.54) is 4.90 Å². The van der Waals surface area contributed by atoms with Crippen LogP contribution in [0.2, 0.25) is 5.02 Å². The number of nitrogens with zero attached hydrogens (tertiary/aromatic N) is 3. The van der Waals surface area contributed by atoms with Crippen molar-refractivity contribution >= 4 is 34.9 Å². The average molecular weight is 454 g/mol. The number of benzene rings is 2. The number of anilines is 2. The minimum Gasteiger partial charge on any atom is -0.380 e. The lowest BCUT2D eigenvalue weighted by atomic mass is 10.1. The average Bonchev–Trinajstić information content (AvgIpc) is 3.42. The summed E-state index contributed by atoms with van der Waals surface area (Å²) in [7, 11) is 1.58. The summed E-state index contributed by atoms with van der Waals surface area (Å²) < 4.78 is 7.24. The van der Waals surface area contributed by atoms with Crippen molar-refractivity contribution in [3.63, 3.8) is 0 Å². The molecule has 1 aliphatic heterocycles. The van der Waals surface area contributed by atoms with E-state index in [4.69, 9.17) is 16.3 Å². The first-order valence-corrected chi connectivity index (χ1v) is 10.6. The molecule has 2 atom stereocenters. The number of likely N-dealkylation sites (tertiary alicyclic amines) is 1. The van der Waals surface area contributed by atoms with Crippen LogP contribution in [0.4, 0.5) is 16.2 Å². The molecule has 1 aromatic heterocycles. The number of hydrogen-bond acceptors (Lipinski definition) is 4. The summed E-state index contributed by atoms with van der Waals surface area (Å²) in [6, 6.07) is 15.1. The zero-order chi connectivity index (χ0) is 22.7. The molecule has 2 N–H and O–H groups in total. The van der Waals surface area contributed by atoms with E-state index in [0.717, 1.165) is 11.4 Å². The van der Waals surface area contributed by atoms with Gasteiger partial charge in [-0.25, -0.2) is 9.48 Å². The number of amides is 3. The van der Waals surface area contributed by atoms with Gasteiger partial charge >= 0.3 is 6.03 Å². The number of nitrogens with one attached hydrogen (secondary N) is 2. The Hall–Kier alpha value is -3.36. The van der Waals surface area contributed by atoms with Crippen LogP contribution in [0.3, 0.4) is 0 Å². The van der Waals surface area contributed by atoms with Crippen molar-refractivity contribution in [2.24, 2.45) is 0 Å². The molecule has 9 heteroatoms. The van der Waals surface area contributed by atoms with Crippen molar-refractivity contribution in [3.8, 4) is 5.69 Å². The van der Waals surface area contributed by atoms with Crippen LogP contribution >= 0.6 is 11.6 Å². The first kappa shape index (κ1) is 21.9. The third-order valence-electron chi connectivity index (χ3n) is 5.47. The Kier molecular flexibility index (Phi) is 6.43. The third kappa shape index (κ3) is 4.76. The molecule has 0 spiro atoms.